The standard InChI is InChI=1S/C17H20O2/c1-4-7-17-9-12-8-13(19-3)5-6-14(12)16(17)11(2)15(18)10-17/h5-6,8H,4,7,9-10H2,1-3H3. The van der Waals surface area contributed by atoms with Crippen LogP contribution in [0.15, 0.2) is 23.8 Å². The summed E-state index contributed by atoms with van der Waals surface area (Å²) >= 11 is 0. The van der Waals surface area contributed by atoms with Crippen LogP contribution in [0, 0.1) is 5.41 Å². The Morgan fingerprint density at radius 3 is 2.79 bits per heavy atom. The fourth-order valence-corrected chi connectivity index (χ4v) is 3.94. The van der Waals surface area contributed by atoms with Gasteiger partial charge in [0, 0.05) is 11.8 Å². The Morgan fingerprint density at radius 2 is 2.11 bits per heavy atom. The molecule has 0 aromatic heterocycles. The van der Waals surface area contributed by atoms with Crippen LogP contribution in [-0.2, 0) is 11.2 Å². The van der Waals surface area contributed by atoms with Crippen molar-refractivity contribution in [2.75, 3.05) is 7.11 Å². The molecule has 0 fully saturated rings. The van der Waals surface area contributed by atoms with Gasteiger partial charge in [-0.25, -0.2) is 0 Å². The Kier molecular flexibility index (Phi) is 2.77. The molecule has 2 aliphatic rings. The number of carbonyl (C=O) groups is 1. The van der Waals surface area contributed by atoms with Crippen LogP contribution in [0.5, 0.6) is 5.75 Å². The number of ether oxygens (including phenoxy) is 1. The fraction of sp³-hybridized carbons (Fsp3) is 0.471. The van der Waals surface area contributed by atoms with Gasteiger partial charge in [-0.2, -0.15) is 0 Å². The highest BCUT2D eigenvalue weighted by Gasteiger charge is 2.48. The summed E-state index contributed by atoms with van der Waals surface area (Å²) in [5, 5.41) is 0. The highest BCUT2D eigenvalue weighted by atomic mass is 16.5. The summed E-state index contributed by atoms with van der Waals surface area (Å²) in [7, 11) is 1.70. The Bertz CT molecular complexity index is 583. The second kappa shape index (κ2) is 4.22. The lowest BCUT2D eigenvalue weighted by Gasteiger charge is -2.25. The molecule has 0 spiro atoms. The maximum absolute atomic E-state index is 12.1. The largest absolute Gasteiger partial charge is 0.497 e. The summed E-state index contributed by atoms with van der Waals surface area (Å²) in [5.41, 5.74) is 4.99. The number of hydrogen-bond acceptors (Lipinski definition) is 2. The summed E-state index contributed by atoms with van der Waals surface area (Å²) in [6, 6.07) is 6.27. The Hall–Kier alpha value is -1.57. The molecule has 0 amide bonds. The van der Waals surface area contributed by atoms with Gasteiger partial charge in [0.2, 0.25) is 0 Å². The van der Waals surface area contributed by atoms with Crippen LogP contribution in [0.25, 0.3) is 5.57 Å². The SMILES string of the molecule is CCCC12CC(=O)C(C)=C1c1ccc(OC)cc1C2. The fourth-order valence-electron chi connectivity index (χ4n) is 3.94. The number of benzene rings is 1. The molecule has 0 aliphatic heterocycles. The summed E-state index contributed by atoms with van der Waals surface area (Å²) in [6.45, 7) is 4.20. The van der Waals surface area contributed by atoms with Crippen LogP contribution in [0.3, 0.4) is 0 Å². The molecule has 0 N–H and O–H groups in total. The monoisotopic (exact) mass is 256 g/mol. The maximum atomic E-state index is 12.1. The van der Waals surface area contributed by atoms with Crippen LogP contribution in [0.2, 0.25) is 0 Å². The summed E-state index contributed by atoms with van der Waals surface area (Å²) < 4.78 is 5.32. The number of Topliss-reactive ketones (excluding diaryl/α,β-unsaturated/α-hetero) is 1. The van der Waals surface area contributed by atoms with E-state index in [4.69, 9.17) is 4.74 Å². The van der Waals surface area contributed by atoms with Gasteiger partial charge in [0.15, 0.2) is 5.78 Å². The predicted molar refractivity (Wildman–Crippen MR) is 76.3 cm³/mol. The number of carbonyl (C=O) groups excluding carboxylic acids is 1. The molecule has 0 radical (unpaired) electrons. The maximum Gasteiger partial charge on any atom is 0.159 e. The number of allylic oxidation sites excluding steroid dienone is 2. The van der Waals surface area contributed by atoms with Gasteiger partial charge in [-0.05, 0) is 54.2 Å². The normalized spacial score (nSPS) is 24.7. The van der Waals surface area contributed by atoms with Gasteiger partial charge in [0.05, 0.1) is 7.11 Å². The van der Waals surface area contributed by atoms with Crippen molar-refractivity contribution in [2.45, 2.75) is 39.5 Å². The van der Waals surface area contributed by atoms with Crippen molar-refractivity contribution in [2.24, 2.45) is 5.41 Å². The van der Waals surface area contributed by atoms with Gasteiger partial charge < -0.3 is 4.74 Å². The molecule has 3 rings (SSSR count). The topological polar surface area (TPSA) is 26.3 Å². The Balaban J connectivity index is 2.16. The molecular weight excluding hydrogens is 236 g/mol. The minimum absolute atomic E-state index is 0.0740. The smallest absolute Gasteiger partial charge is 0.159 e. The van der Waals surface area contributed by atoms with E-state index in [1.807, 2.05) is 13.0 Å². The van der Waals surface area contributed by atoms with Crippen molar-refractivity contribution in [1.29, 1.82) is 0 Å². The summed E-state index contributed by atoms with van der Waals surface area (Å²) in [4.78, 5) is 12.1. The molecule has 0 bridgehead atoms. The van der Waals surface area contributed by atoms with Crippen molar-refractivity contribution in [1.82, 2.24) is 0 Å². The number of rotatable bonds is 3. The summed E-state index contributed by atoms with van der Waals surface area (Å²) in [6.07, 6.45) is 3.91. The minimum atomic E-state index is 0.0740. The zero-order valence-corrected chi connectivity index (χ0v) is 11.9. The van der Waals surface area contributed by atoms with E-state index in [9.17, 15) is 4.79 Å². The third-order valence-electron chi connectivity index (χ3n) is 4.66. The van der Waals surface area contributed by atoms with Crippen LogP contribution in [0.4, 0.5) is 0 Å². The summed E-state index contributed by atoms with van der Waals surface area (Å²) in [5.74, 6) is 1.25. The van der Waals surface area contributed by atoms with Gasteiger partial charge in [0.1, 0.15) is 5.75 Å². The van der Waals surface area contributed by atoms with Crippen molar-refractivity contribution in [3.63, 3.8) is 0 Å². The first-order valence-electron chi connectivity index (χ1n) is 7.03. The minimum Gasteiger partial charge on any atom is -0.497 e. The van der Waals surface area contributed by atoms with Crippen LogP contribution in [0.1, 0.15) is 44.2 Å². The first-order chi connectivity index (χ1) is 9.11. The van der Waals surface area contributed by atoms with Crippen molar-refractivity contribution < 1.29 is 9.53 Å². The van der Waals surface area contributed by atoms with Crippen LogP contribution in [-0.4, -0.2) is 12.9 Å². The molecule has 2 aliphatic carbocycles. The molecular formula is C17H20O2. The molecule has 0 heterocycles. The van der Waals surface area contributed by atoms with Gasteiger partial charge >= 0.3 is 0 Å². The molecule has 2 heteroatoms. The van der Waals surface area contributed by atoms with E-state index in [0.717, 1.165) is 30.6 Å². The molecule has 1 unspecified atom stereocenters. The number of hydrogen-bond donors (Lipinski definition) is 0. The van der Waals surface area contributed by atoms with E-state index < -0.39 is 0 Å². The van der Waals surface area contributed by atoms with E-state index in [1.165, 1.54) is 16.7 Å². The predicted octanol–water partition coefficient (Wildman–Crippen LogP) is 3.78. The lowest BCUT2D eigenvalue weighted by atomic mass is 9.77. The highest BCUT2D eigenvalue weighted by Crippen LogP contribution is 2.57. The number of methoxy groups -OCH3 is 1. The zero-order chi connectivity index (χ0) is 13.6. The lowest BCUT2D eigenvalue weighted by Crippen LogP contribution is -2.18. The molecule has 1 aromatic carbocycles. The van der Waals surface area contributed by atoms with Crippen molar-refractivity contribution >= 4 is 11.4 Å². The van der Waals surface area contributed by atoms with Gasteiger partial charge in [-0.1, -0.05) is 19.4 Å². The molecule has 1 atom stereocenters. The van der Waals surface area contributed by atoms with Gasteiger partial charge in [-0.15, -0.1) is 0 Å². The lowest BCUT2D eigenvalue weighted by molar-refractivity contribution is -0.116. The van der Waals surface area contributed by atoms with Crippen molar-refractivity contribution in [3.05, 3.63) is 34.9 Å². The zero-order valence-electron chi connectivity index (χ0n) is 11.9. The number of fused-ring (bicyclic) bond motifs is 3. The molecule has 2 nitrogen and oxygen atoms in total. The quantitative estimate of drug-likeness (QED) is 0.822. The first kappa shape index (κ1) is 12.5. The van der Waals surface area contributed by atoms with E-state index >= 15 is 0 Å². The first-order valence-corrected chi connectivity index (χ1v) is 7.03. The average Bonchev–Trinajstić information content (AvgIpc) is 2.81. The molecule has 0 saturated carbocycles. The second-order valence-corrected chi connectivity index (χ2v) is 5.83. The number of ketones is 1. The molecule has 1 aromatic rings. The third kappa shape index (κ3) is 1.66. The molecule has 19 heavy (non-hydrogen) atoms. The van der Waals surface area contributed by atoms with Gasteiger partial charge in [-0.3, -0.25) is 4.79 Å². The van der Waals surface area contributed by atoms with E-state index in [2.05, 4.69) is 19.1 Å². The van der Waals surface area contributed by atoms with E-state index in [-0.39, 0.29) is 5.41 Å². The van der Waals surface area contributed by atoms with Crippen LogP contribution >= 0.6 is 0 Å². The van der Waals surface area contributed by atoms with Crippen LogP contribution < -0.4 is 4.74 Å². The van der Waals surface area contributed by atoms with Crippen molar-refractivity contribution in [3.8, 4) is 5.75 Å². The second-order valence-electron chi connectivity index (χ2n) is 5.83. The third-order valence-corrected chi connectivity index (χ3v) is 4.66. The highest BCUT2D eigenvalue weighted by molar-refractivity contribution is 6.10. The average molecular weight is 256 g/mol. The van der Waals surface area contributed by atoms with E-state index in [1.54, 1.807) is 7.11 Å². The molecule has 0 saturated heterocycles. The Labute approximate surface area is 114 Å². The van der Waals surface area contributed by atoms with Gasteiger partial charge in [0.25, 0.3) is 0 Å². The van der Waals surface area contributed by atoms with E-state index in [0.29, 0.717) is 12.2 Å². The Morgan fingerprint density at radius 1 is 1.32 bits per heavy atom. The molecule has 100 valence electrons.